The van der Waals surface area contributed by atoms with E-state index in [4.69, 9.17) is 15.2 Å². The molecular weight excluding hydrogens is 418 g/mol. The second-order valence-corrected chi connectivity index (χ2v) is 7.66. The molecule has 168 valence electrons. The minimum absolute atomic E-state index is 0.105. The number of fused-ring (bicyclic) bond motifs is 1. The van der Waals surface area contributed by atoms with E-state index in [9.17, 15) is 9.59 Å². The molecule has 1 amide bonds. The van der Waals surface area contributed by atoms with Crippen LogP contribution in [0.5, 0.6) is 11.5 Å². The van der Waals surface area contributed by atoms with Gasteiger partial charge in [-0.1, -0.05) is 42.5 Å². The molecule has 1 heterocycles. The van der Waals surface area contributed by atoms with Gasteiger partial charge < -0.3 is 25.8 Å². The SMILES string of the molecule is COc1cc2c(cc1OC)/C(=C(/Nc1ccc(C(N)C(C)=O)cc1)c1ccccc1)C(=O)N2. The lowest BCUT2D eigenvalue weighted by Gasteiger charge is -2.16. The molecule has 3 aromatic rings. The van der Waals surface area contributed by atoms with Crippen molar-refractivity contribution in [2.75, 3.05) is 24.9 Å². The number of amides is 1. The molecule has 7 heteroatoms. The molecule has 4 rings (SSSR count). The third-order valence-corrected chi connectivity index (χ3v) is 5.56. The van der Waals surface area contributed by atoms with Crippen molar-refractivity contribution < 1.29 is 19.1 Å². The molecule has 1 atom stereocenters. The zero-order chi connectivity index (χ0) is 23.5. The van der Waals surface area contributed by atoms with Crippen LogP contribution in [0.4, 0.5) is 11.4 Å². The number of nitrogens with two attached hydrogens (primary N) is 1. The fourth-order valence-electron chi connectivity index (χ4n) is 3.78. The number of carbonyl (C=O) groups excluding carboxylic acids is 2. The average molecular weight is 444 g/mol. The number of nitrogens with one attached hydrogen (secondary N) is 2. The molecule has 1 unspecified atom stereocenters. The van der Waals surface area contributed by atoms with Crippen molar-refractivity contribution in [3.8, 4) is 11.5 Å². The highest BCUT2D eigenvalue weighted by Gasteiger charge is 2.30. The molecule has 0 aromatic heterocycles. The van der Waals surface area contributed by atoms with E-state index in [1.54, 1.807) is 38.5 Å². The molecule has 0 aliphatic carbocycles. The molecule has 1 aliphatic rings. The predicted molar refractivity (Wildman–Crippen MR) is 129 cm³/mol. The van der Waals surface area contributed by atoms with Crippen LogP contribution in [0.2, 0.25) is 0 Å². The van der Waals surface area contributed by atoms with E-state index in [1.807, 2.05) is 42.5 Å². The first-order valence-electron chi connectivity index (χ1n) is 10.4. The Labute approximate surface area is 192 Å². The molecule has 0 radical (unpaired) electrons. The molecule has 0 spiro atoms. The van der Waals surface area contributed by atoms with Crippen LogP contribution in [-0.2, 0) is 9.59 Å². The van der Waals surface area contributed by atoms with Crippen molar-refractivity contribution in [3.63, 3.8) is 0 Å². The van der Waals surface area contributed by atoms with E-state index in [2.05, 4.69) is 10.6 Å². The van der Waals surface area contributed by atoms with Gasteiger partial charge in [0.05, 0.1) is 37.2 Å². The van der Waals surface area contributed by atoms with E-state index >= 15 is 0 Å². The molecule has 7 nitrogen and oxygen atoms in total. The molecule has 4 N–H and O–H groups in total. The fourth-order valence-corrected chi connectivity index (χ4v) is 3.78. The quantitative estimate of drug-likeness (QED) is 0.473. The molecule has 33 heavy (non-hydrogen) atoms. The maximum Gasteiger partial charge on any atom is 0.258 e. The summed E-state index contributed by atoms with van der Waals surface area (Å²) >= 11 is 0. The highest BCUT2D eigenvalue weighted by atomic mass is 16.5. The lowest BCUT2D eigenvalue weighted by Crippen LogP contribution is -2.18. The van der Waals surface area contributed by atoms with Crippen LogP contribution < -0.4 is 25.8 Å². The van der Waals surface area contributed by atoms with Crippen molar-refractivity contribution in [2.45, 2.75) is 13.0 Å². The third kappa shape index (κ3) is 4.31. The molecule has 1 aliphatic heterocycles. The van der Waals surface area contributed by atoms with Gasteiger partial charge in [0.15, 0.2) is 17.3 Å². The van der Waals surface area contributed by atoms with Crippen LogP contribution in [0.15, 0.2) is 66.7 Å². The second-order valence-electron chi connectivity index (χ2n) is 7.66. The van der Waals surface area contributed by atoms with Crippen molar-refractivity contribution in [1.29, 1.82) is 0 Å². The monoisotopic (exact) mass is 443 g/mol. The number of carbonyl (C=O) groups is 2. The first kappa shape index (κ1) is 22.1. The van der Waals surface area contributed by atoms with Crippen molar-refractivity contribution in [2.24, 2.45) is 5.73 Å². The summed E-state index contributed by atoms with van der Waals surface area (Å²) in [5.41, 5.74) is 10.7. The van der Waals surface area contributed by atoms with E-state index in [-0.39, 0.29) is 11.7 Å². The van der Waals surface area contributed by atoms with Crippen LogP contribution >= 0.6 is 0 Å². The van der Waals surface area contributed by atoms with Gasteiger partial charge in [0, 0.05) is 17.3 Å². The summed E-state index contributed by atoms with van der Waals surface area (Å²) in [7, 11) is 3.11. The van der Waals surface area contributed by atoms with Crippen LogP contribution in [0.3, 0.4) is 0 Å². The zero-order valence-corrected chi connectivity index (χ0v) is 18.6. The number of hydrogen-bond acceptors (Lipinski definition) is 6. The van der Waals surface area contributed by atoms with Crippen LogP contribution in [-0.4, -0.2) is 25.9 Å². The Balaban J connectivity index is 1.83. The predicted octanol–water partition coefficient (Wildman–Crippen LogP) is 4.23. The summed E-state index contributed by atoms with van der Waals surface area (Å²) in [6.07, 6.45) is 0. The standard InChI is InChI=1S/C26H25N3O4/c1-15(30)24(27)16-9-11-18(12-10-16)28-25(17-7-5-4-6-8-17)23-19-13-21(32-2)22(33-3)14-20(19)29-26(23)31/h4-14,24,28H,27H2,1-3H3,(H,29,31)/b25-23-. The average Bonchev–Trinajstić information content (AvgIpc) is 3.16. The van der Waals surface area contributed by atoms with Gasteiger partial charge >= 0.3 is 0 Å². The number of ketones is 1. The number of hydrogen-bond donors (Lipinski definition) is 3. The van der Waals surface area contributed by atoms with Crippen molar-refractivity contribution in [1.82, 2.24) is 0 Å². The summed E-state index contributed by atoms with van der Waals surface area (Å²) in [6, 6.07) is 19.8. The highest BCUT2D eigenvalue weighted by molar-refractivity contribution is 6.37. The number of Topliss-reactive ketones (excluding diaryl/α,β-unsaturated/α-hetero) is 1. The van der Waals surface area contributed by atoms with E-state index < -0.39 is 6.04 Å². The Bertz CT molecular complexity index is 1230. The first-order valence-corrected chi connectivity index (χ1v) is 10.4. The maximum atomic E-state index is 13.1. The third-order valence-electron chi connectivity index (χ3n) is 5.56. The van der Waals surface area contributed by atoms with Gasteiger partial charge in [-0.2, -0.15) is 0 Å². The molecule has 0 bridgehead atoms. The van der Waals surface area contributed by atoms with Crippen molar-refractivity contribution in [3.05, 3.63) is 83.4 Å². The van der Waals surface area contributed by atoms with Crippen molar-refractivity contribution >= 4 is 34.3 Å². The number of methoxy groups -OCH3 is 2. The molecule has 0 saturated carbocycles. The Morgan fingerprint density at radius 1 is 0.970 bits per heavy atom. The summed E-state index contributed by atoms with van der Waals surface area (Å²) in [5.74, 6) is 0.720. The number of anilines is 2. The summed E-state index contributed by atoms with van der Waals surface area (Å²) in [5, 5.41) is 6.31. The minimum Gasteiger partial charge on any atom is -0.493 e. The topological polar surface area (TPSA) is 103 Å². The zero-order valence-electron chi connectivity index (χ0n) is 18.6. The molecule has 3 aromatic carbocycles. The molecular formula is C26H25N3O4. The van der Waals surface area contributed by atoms with Gasteiger partial charge in [0.25, 0.3) is 5.91 Å². The normalized spacial score (nSPS) is 14.7. The molecule has 0 saturated heterocycles. The van der Waals surface area contributed by atoms with E-state index in [0.29, 0.717) is 34.0 Å². The van der Waals surface area contributed by atoms with Gasteiger partial charge in [-0.05, 0) is 36.2 Å². The lowest BCUT2D eigenvalue weighted by molar-refractivity contribution is -0.118. The van der Waals surface area contributed by atoms with Gasteiger partial charge in [-0.15, -0.1) is 0 Å². The fraction of sp³-hybridized carbons (Fsp3) is 0.154. The Kier molecular flexibility index (Phi) is 6.15. The number of ether oxygens (including phenoxy) is 2. The highest BCUT2D eigenvalue weighted by Crippen LogP contribution is 2.43. The smallest absolute Gasteiger partial charge is 0.258 e. The van der Waals surface area contributed by atoms with E-state index in [0.717, 1.165) is 16.8 Å². The molecule has 0 fully saturated rings. The number of rotatable bonds is 7. The van der Waals surface area contributed by atoms with Crippen LogP contribution in [0.25, 0.3) is 11.3 Å². The number of benzene rings is 3. The first-order chi connectivity index (χ1) is 15.9. The van der Waals surface area contributed by atoms with Crippen LogP contribution in [0, 0.1) is 0 Å². The Morgan fingerprint density at radius 2 is 1.61 bits per heavy atom. The van der Waals surface area contributed by atoms with Gasteiger partial charge in [-0.3, -0.25) is 9.59 Å². The lowest BCUT2D eigenvalue weighted by atomic mass is 9.99. The maximum absolute atomic E-state index is 13.1. The largest absolute Gasteiger partial charge is 0.493 e. The minimum atomic E-state index is -0.666. The Hall–Kier alpha value is -4.10. The summed E-state index contributed by atoms with van der Waals surface area (Å²) in [6.45, 7) is 1.47. The van der Waals surface area contributed by atoms with Crippen LogP contribution in [0.1, 0.15) is 29.7 Å². The van der Waals surface area contributed by atoms with Gasteiger partial charge in [0.2, 0.25) is 0 Å². The Morgan fingerprint density at radius 3 is 2.21 bits per heavy atom. The van der Waals surface area contributed by atoms with E-state index in [1.165, 1.54) is 6.92 Å². The van der Waals surface area contributed by atoms with Gasteiger partial charge in [-0.25, -0.2) is 0 Å². The summed E-state index contributed by atoms with van der Waals surface area (Å²) in [4.78, 5) is 24.7. The second kappa shape index (κ2) is 9.18. The van der Waals surface area contributed by atoms with Gasteiger partial charge in [0.1, 0.15) is 0 Å². The summed E-state index contributed by atoms with van der Waals surface area (Å²) < 4.78 is 10.8.